The van der Waals surface area contributed by atoms with Crippen LogP contribution in [-0.2, 0) is 4.74 Å². The van der Waals surface area contributed by atoms with E-state index in [1.165, 1.54) is 17.2 Å². The van der Waals surface area contributed by atoms with E-state index in [0.717, 1.165) is 51.3 Å². The molecule has 0 aromatic carbocycles. The zero-order valence-corrected chi connectivity index (χ0v) is 19.1. The van der Waals surface area contributed by atoms with Gasteiger partial charge in [0.2, 0.25) is 5.95 Å². The largest absolute Gasteiger partial charge is 0.431 e. The number of rotatable bonds is 6. The van der Waals surface area contributed by atoms with Gasteiger partial charge in [-0.1, -0.05) is 0 Å². The molecular weight excluding hydrogens is 468 g/mol. The van der Waals surface area contributed by atoms with Gasteiger partial charge in [0.15, 0.2) is 23.9 Å². The van der Waals surface area contributed by atoms with Crippen LogP contribution in [0.3, 0.4) is 0 Å². The summed E-state index contributed by atoms with van der Waals surface area (Å²) in [5, 5.41) is 0. The molecule has 2 aromatic rings. The van der Waals surface area contributed by atoms with E-state index in [1.54, 1.807) is 6.07 Å². The average molecular weight is 497 g/mol. The minimum atomic E-state index is -3.06. The molecule has 0 amide bonds. The molecule has 5 rings (SSSR count). The molecule has 1 saturated carbocycles. The third-order valence-electron chi connectivity index (χ3n) is 6.98. The number of hydrogen-bond donors (Lipinski definition) is 1. The summed E-state index contributed by atoms with van der Waals surface area (Å²) in [6.45, 7) is -0.125. The molecule has 0 unspecified atom stereocenters. The van der Waals surface area contributed by atoms with Crippen molar-refractivity contribution in [3.63, 3.8) is 0 Å². The highest BCUT2D eigenvalue weighted by atomic mass is 19.3. The van der Waals surface area contributed by atoms with Gasteiger partial charge in [-0.3, -0.25) is 4.90 Å². The molecule has 2 N–H and O–H groups in total. The Morgan fingerprint density at radius 2 is 1.80 bits per heavy atom. The predicted molar refractivity (Wildman–Crippen MR) is 121 cm³/mol. The van der Waals surface area contributed by atoms with Crippen molar-refractivity contribution >= 4 is 11.8 Å². The number of nitrogens with zero attached hydrogens (tertiary/aromatic N) is 5. The van der Waals surface area contributed by atoms with Crippen LogP contribution >= 0.6 is 0 Å². The van der Waals surface area contributed by atoms with Crippen LogP contribution in [0.25, 0.3) is 11.3 Å². The Balaban J connectivity index is 1.47. The van der Waals surface area contributed by atoms with Crippen molar-refractivity contribution in [2.75, 3.05) is 50.0 Å². The molecule has 8 nitrogen and oxygen atoms in total. The number of aromatic nitrogens is 3. The number of halogens is 4. The van der Waals surface area contributed by atoms with E-state index < -0.39 is 19.0 Å². The molecule has 0 radical (unpaired) electrons. The SMILES string of the molecule is Nc1ncc(-c2cc([C@H]3CC[C@@H](N4CCOCC4)C3)nc(N3C[C@@H](F)[C@@H](F)C3)n2)cc1OC(F)F. The van der Waals surface area contributed by atoms with Crippen LogP contribution in [0, 0.1) is 0 Å². The fraction of sp³-hybridized carbons (Fsp3) is 0.609. The molecule has 1 aliphatic carbocycles. The van der Waals surface area contributed by atoms with Crippen molar-refractivity contribution in [2.45, 2.75) is 50.2 Å². The summed E-state index contributed by atoms with van der Waals surface area (Å²) in [6, 6.07) is 3.55. The number of alkyl halides is 4. The van der Waals surface area contributed by atoms with Gasteiger partial charge in [-0.2, -0.15) is 8.78 Å². The number of ether oxygens (including phenoxy) is 2. The molecule has 2 aromatic heterocycles. The average Bonchev–Trinajstić information content (AvgIpc) is 3.48. The summed E-state index contributed by atoms with van der Waals surface area (Å²) in [5.74, 6) is -0.0934. The monoisotopic (exact) mass is 496 g/mol. The van der Waals surface area contributed by atoms with E-state index in [2.05, 4.69) is 19.6 Å². The molecule has 35 heavy (non-hydrogen) atoms. The Morgan fingerprint density at radius 1 is 1.06 bits per heavy atom. The van der Waals surface area contributed by atoms with Crippen LogP contribution < -0.4 is 15.4 Å². The van der Waals surface area contributed by atoms with Gasteiger partial charge in [0.25, 0.3) is 0 Å². The highest BCUT2D eigenvalue weighted by Gasteiger charge is 2.36. The number of nitrogens with two attached hydrogens (primary N) is 1. The van der Waals surface area contributed by atoms with Crippen molar-refractivity contribution in [3.05, 3.63) is 24.0 Å². The molecule has 2 aliphatic heterocycles. The van der Waals surface area contributed by atoms with Gasteiger partial charge >= 0.3 is 6.61 Å². The van der Waals surface area contributed by atoms with Crippen molar-refractivity contribution in [1.82, 2.24) is 19.9 Å². The standard InChI is InChI=1S/C23H28F4N6O2/c24-16-11-33(12-17(16)25)23-30-18(13-1-2-15(7-13)32-3-5-34-6-4-32)9-19(31-23)14-8-20(35-22(26)27)21(28)29-10-14/h8-10,13,15-17,22H,1-7,11-12H2,(H2,28,29)/t13-,15+,16-,17+/m0/s1. The quantitative estimate of drug-likeness (QED) is 0.610. The van der Waals surface area contributed by atoms with Crippen molar-refractivity contribution in [1.29, 1.82) is 0 Å². The molecule has 3 fully saturated rings. The molecule has 12 heteroatoms. The van der Waals surface area contributed by atoms with E-state index in [-0.39, 0.29) is 36.5 Å². The summed E-state index contributed by atoms with van der Waals surface area (Å²) < 4.78 is 63.5. The normalized spacial score (nSPS) is 27.6. The molecule has 0 spiro atoms. The lowest BCUT2D eigenvalue weighted by Gasteiger charge is -2.32. The van der Waals surface area contributed by atoms with Gasteiger partial charge in [-0.25, -0.2) is 23.7 Å². The topological polar surface area (TPSA) is 89.6 Å². The second-order valence-corrected chi connectivity index (χ2v) is 9.21. The molecule has 190 valence electrons. The number of nitrogen functional groups attached to an aromatic ring is 1. The second-order valence-electron chi connectivity index (χ2n) is 9.21. The molecule has 4 heterocycles. The first-order valence-corrected chi connectivity index (χ1v) is 11.8. The molecule has 3 aliphatic rings. The maximum Gasteiger partial charge on any atom is 0.387 e. The van der Waals surface area contributed by atoms with Crippen molar-refractivity contribution in [3.8, 4) is 17.0 Å². The number of pyridine rings is 1. The lowest BCUT2D eigenvalue weighted by molar-refractivity contribution is -0.0494. The van der Waals surface area contributed by atoms with Crippen LogP contribution in [0.5, 0.6) is 5.75 Å². The van der Waals surface area contributed by atoms with Crippen LogP contribution in [0.15, 0.2) is 18.3 Å². The lowest BCUT2D eigenvalue weighted by atomic mass is 10.0. The van der Waals surface area contributed by atoms with Crippen LogP contribution in [0.2, 0.25) is 0 Å². The van der Waals surface area contributed by atoms with Gasteiger partial charge < -0.3 is 20.1 Å². The Morgan fingerprint density at radius 3 is 2.51 bits per heavy atom. The summed E-state index contributed by atoms with van der Waals surface area (Å²) >= 11 is 0. The number of hydrogen-bond acceptors (Lipinski definition) is 8. The van der Waals surface area contributed by atoms with E-state index in [4.69, 9.17) is 15.5 Å². The van der Waals surface area contributed by atoms with Gasteiger partial charge in [0.1, 0.15) is 0 Å². The van der Waals surface area contributed by atoms with E-state index in [0.29, 0.717) is 17.3 Å². The zero-order chi connectivity index (χ0) is 24.5. The Hall–Kier alpha value is -2.73. The van der Waals surface area contributed by atoms with E-state index >= 15 is 0 Å². The summed E-state index contributed by atoms with van der Waals surface area (Å²) in [4.78, 5) is 17.1. The fourth-order valence-corrected chi connectivity index (χ4v) is 5.13. The molecule has 0 bridgehead atoms. The first-order valence-electron chi connectivity index (χ1n) is 11.8. The van der Waals surface area contributed by atoms with Gasteiger partial charge in [0.05, 0.1) is 32.0 Å². The highest BCUT2D eigenvalue weighted by Crippen LogP contribution is 2.39. The van der Waals surface area contributed by atoms with Crippen LogP contribution in [-0.4, -0.2) is 84.2 Å². The van der Waals surface area contributed by atoms with Gasteiger partial charge in [0, 0.05) is 42.5 Å². The van der Waals surface area contributed by atoms with E-state index in [1.807, 2.05) is 0 Å². The lowest BCUT2D eigenvalue weighted by Crippen LogP contribution is -2.42. The minimum Gasteiger partial charge on any atom is -0.431 e. The maximum atomic E-state index is 14.0. The van der Waals surface area contributed by atoms with Gasteiger partial charge in [-0.05, 0) is 31.4 Å². The third-order valence-corrected chi connectivity index (χ3v) is 6.98. The summed E-state index contributed by atoms with van der Waals surface area (Å²) in [6.07, 6.45) is 0.994. The molecule has 4 atom stereocenters. The smallest absolute Gasteiger partial charge is 0.387 e. The Kier molecular flexibility index (Phi) is 6.92. The highest BCUT2D eigenvalue weighted by molar-refractivity contribution is 5.65. The number of morpholine rings is 1. The minimum absolute atomic E-state index is 0.131. The summed E-state index contributed by atoms with van der Waals surface area (Å²) in [5.41, 5.74) is 7.25. The zero-order valence-electron chi connectivity index (χ0n) is 19.1. The third kappa shape index (κ3) is 5.27. The van der Waals surface area contributed by atoms with Gasteiger partial charge in [-0.15, -0.1) is 0 Å². The Bertz CT molecular complexity index is 1030. The fourth-order valence-electron chi connectivity index (χ4n) is 5.13. The second kappa shape index (κ2) is 10.1. The predicted octanol–water partition coefficient (Wildman–Crippen LogP) is 3.19. The first kappa shape index (κ1) is 24.0. The molecule has 2 saturated heterocycles. The first-order chi connectivity index (χ1) is 16.9. The molecular formula is C23H28F4N6O2. The van der Waals surface area contributed by atoms with Crippen LogP contribution in [0.4, 0.5) is 29.3 Å². The van der Waals surface area contributed by atoms with Crippen molar-refractivity contribution < 1.29 is 27.0 Å². The van der Waals surface area contributed by atoms with Crippen LogP contribution in [0.1, 0.15) is 30.9 Å². The van der Waals surface area contributed by atoms with Crippen molar-refractivity contribution in [2.24, 2.45) is 0 Å². The number of anilines is 2. The summed E-state index contributed by atoms with van der Waals surface area (Å²) in [7, 11) is 0. The maximum absolute atomic E-state index is 14.0. The Labute approximate surface area is 200 Å². The van der Waals surface area contributed by atoms with E-state index in [9.17, 15) is 17.6 Å².